The number of nitrogens with zero attached hydrogens (tertiary/aromatic N) is 1. The van der Waals surface area contributed by atoms with Gasteiger partial charge in [-0.1, -0.05) is 0 Å². The van der Waals surface area contributed by atoms with E-state index in [0.717, 1.165) is 12.5 Å². The van der Waals surface area contributed by atoms with Gasteiger partial charge in [0.2, 0.25) is 0 Å². The molecule has 1 rings (SSSR count). The summed E-state index contributed by atoms with van der Waals surface area (Å²) in [5.41, 5.74) is 5.64. The van der Waals surface area contributed by atoms with Crippen molar-refractivity contribution in [2.45, 2.75) is 32.7 Å². The van der Waals surface area contributed by atoms with Crippen LogP contribution in [-0.4, -0.2) is 30.6 Å². The van der Waals surface area contributed by atoms with Gasteiger partial charge in [0, 0.05) is 12.6 Å². The quantitative estimate of drug-likeness (QED) is 0.648. The molecule has 0 bridgehead atoms. The SMILES string of the molecule is CC(C)N1CCC[C@H](CN)C1. The van der Waals surface area contributed by atoms with E-state index in [1.165, 1.54) is 25.9 Å². The Morgan fingerprint density at radius 2 is 2.27 bits per heavy atom. The normalized spacial score (nSPS) is 27.8. The molecule has 1 aliphatic heterocycles. The number of nitrogens with two attached hydrogens (primary N) is 1. The molecule has 0 aromatic heterocycles. The molecule has 0 aromatic carbocycles. The molecular formula is C9H20N2. The van der Waals surface area contributed by atoms with Crippen molar-refractivity contribution in [3.63, 3.8) is 0 Å². The average Bonchev–Trinajstić information content (AvgIpc) is 2.05. The van der Waals surface area contributed by atoms with Gasteiger partial charge < -0.3 is 10.6 Å². The monoisotopic (exact) mass is 156 g/mol. The lowest BCUT2D eigenvalue weighted by atomic mass is 9.97. The highest BCUT2D eigenvalue weighted by Gasteiger charge is 2.19. The van der Waals surface area contributed by atoms with Crippen LogP contribution in [-0.2, 0) is 0 Å². The van der Waals surface area contributed by atoms with Crippen molar-refractivity contribution >= 4 is 0 Å². The maximum atomic E-state index is 5.64. The highest BCUT2D eigenvalue weighted by molar-refractivity contribution is 4.75. The van der Waals surface area contributed by atoms with Gasteiger partial charge in [0.1, 0.15) is 0 Å². The smallest absolute Gasteiger partial charge is 0.00387 e. The molecule has 1 fully saturated rings. The second-order valence-electron chi connectivity index (χ2n) is 3.83. The minimum atomic E-state index is 0.698. The molecule has 1 saturated heterocycles. The molecule has 2 nitrogen and oxygen atoms in total. The third kappa shape index (κ3) is 2.46. The molecule has 0 amide bonds. The van der Waals surface area contributed by atoms with Crippen LogP contribution < -0.4 is 5.73 Å². The van der Waals surface area contributed by atoms with Crippen LogP contribution in [0.5, 0.6) is 0 Å². The molecule has 11 heavy (non-hydrogen) atoms. The molecule has 0 saturated carbocycles. The van der Waals surface area contributed by atoms with E-state index in [9.17, 15) is 0 Å². The third-order valence-corrected chi connectivity index (χ3v) is 2.61. The van der Waals surface area contributed by atoms with Crippen LogP contribution in [0, 0.1) is 5.92 Å². The van der Waals surface area contributed by atoms with Crippen LogP contribution in [0.3, 0.4) is 0 Å². The van der Waals surface area contributed by atoms with Gasteiger partial charge in [0.25, 0.3) is 0 Å². The third-order valence-electron chi connectivity index (χ3n) is 2.61. The van der Waals surface area contributed by atoms with Gasteiger partial charge in [-0.15, -0.1) is 0 Å². The first kappa shape index (κ1) is 9.01. The van der Waals surface area contributed by atoms with E-state index in [2.05, 4.69) is 18.7 Å². The lowest BCUT2D eigenvalue weighted by molar-refractivity contribution is 0.143. The topological polar surface area (TPSA) is 29.3 Å². The van der Waals surface area contributed by atoms with Crippen LogP contribution in [0.1, 0.15) is 26.7 Å². The molecule has 0 spiro atoms. The van der Waals surface area contributed by atoms with Crippen molar-refractivity contribution in [3.05, 3.63) is 0 Å². The maximum absolute atomic E-state index is 5.64. The van der Waals surface area contributed by atoms with Crippen LogP contribution in [0.15, 0.2) is 0 Å². The van der Waals surface area contributed by atoms with Crippen molar-refractivity contribution in [1.29, 1.82) is 0 Å². The summed E-state index contributed by atoms with van der Waals surface area (Å²) in [5.74, 6) is 0.756. The Balaban J connectivity index is 2.33. The molecule has 2 heteroatoms. The Morgan fingerprint density at radius 1 is 1.55 bits per heavy atom. The first-order chi connectivity index (χ1) is 5.24. The first-order valence-electron chi connectivity index (χ1n) is 4.68. The number of piperidine rings is 1. The van der Waals surface area contributed by atoms with Crippen molar-refractivity contribution in [2.75, 3.05) is 19.6 Å². The van der Waals surface area contributed by atoms with Gasteiger partial charge in [-0.25, -0.2) is 0 Å². The number of rotatable bonds is 2. The molecule has 1 atom stereocenters. The second kappa shape index (κ2) is 4.07. The van der Waals surface area contributed by atoms with E-state index < -0.39 is 0 Å². The summed E-state index contributed by atoms with van der Waals surface area (Å²) in [7, 11) is 0. The zero-order valence-electron chi connectivity index (χ0n) is 7.71. The zero-order valence-corrected chi connectivity index (χ0v) is 7.71. The van der Waals surface area contributed by atoms with Crippen LogP contribution in [0.4, 0.5) is 0 Å². The van der Waals surface area contributed by atoms with Crippen molar-refractivity contribution < 1.29 is 0 Å². The second-order valence-corrected chi connectivity index (χ2v) is 3.83. The summed E-state index contributed by atoms with van der Waals surface area (Å²) in [4.78, 5) is 2.53. The molecule has 1 aliphatic rings. The standard InChI is InChI=1S/C9H20N2/c1-8(2)11-5-3-4-9(6-10)7-11/h8-9H,3-7,10H2,1-2H3/t9-/m1/s1. The Hall–Kier alpha value is -0.0800. The molecule has 0 unspecified atom stereocenters. The van der Waals surface area contributed by atoms with Crippen molar-refractivity contribution in [1.82, 2.24) is 4.90 Å². The van der Waals surface area contributed by atoms with Gasteiger partial charge in [-0.2, -0.15) is 0 Å². The number of hydrogen-bond donors (Lipinski definition) is 1. The van der Waals surface area contributed by atoms with Crippen molar-refractivity contribution in [2.24, 2.45) is 11.7 Å². The van der Waals surface area contributed by atoms with Crippen LogP contribution >= 0.6 is 0 Å². The Labute approximate surface area is 69.8 Å². The van der Waals surface area contributed by atoms with E-state index in [0.29, 0.717) is 6.04 Å². The predicted molar refractivity (Wildman–Crippen MR) is 48.5 cm³/mol. The van der Waals surface area contributed by atoms with Crippen molar-refractivity contribution in [3.8, 4) is 0 Å². The first-order valence-corrected chi connectivity index (χ1v) is 4.68. The summed E-state index contributed by atoms with van der Waals surface area (Å²) >= 11 is 0. The predicted octanol–water partition coefficient (Wildman–Crippen LogP) is 1.07. The number of likely N-dealkylation sites (tertiary alicyclic amines) is 1. The van der Waals surface area contributed by atoms with Gasteiger partial charge in [-0.3, -0.25) is 0 Å². The molecule has 66 valence electrons. The van der Waals surface area contributed by atoms with Gasteiger partial charge >= 0.3 is 0 Å². The van der Waals surface area contributed by atoms with Gasteiger partial charge in [0.15, 0.2) is 0 Å². The molecule has 0 aliphatic carbocycles. The summed E-state index contributed by atoms with van der Waals surface area (Å²) < 4.78 is 0. The van der Waals surface area contributed by atoms with E-state index in [1.807, 2.05) is 0 Å². The molecule has 0 aromatic rings. The van der Waals surface area contributed by atoms with Gasteiger partial charge in [-0.05, 0) is 45.7 Å². The molecule has 0 radical (unpaired) electrons. The summed E-state index contributed by atoms with van der Waals surface area (Å²) in [5, 5.41) is 0. The Morgan fingerprint density at radius 3 is 2.82 bits per heavy atom. The lowest BCUT2D eigenvalue weighted by Crippen LogP contribution is -2.42. The maximum Gasteiger partial charge on any atom is 0.00387 e. The minimum absolute atomic E-state index is 0.698. The van der Waals surface area contributed by atoms with Crippen LogP contribution in [0.2, 0.25) is 0 Å². The highest BCUT2D eigenvalue weighted by atomic mass is 15.2. The van der Waals surface area contributed by atoms with Crippen LogP contribution in [0.25, 0.3) is 0 Å². The van der Waals surface area contributed by atoms with Gasteiger partial charge in [0.05, 0.1) is 0 Å². The molecular weight excluding hydrogens is 136 g/mol. The zero-order chi connectivity index (χ0) is 8.27. The fourth-order valence-corrected chi connectivity index (χ4v) is 1.76. The summed E-state index contributed by atoms with van der Waals surface area (Å²) in [6, 6.07) is 0.698. The Bertz CT molecular complexity index is 112. The van der Waals surface area contributed by atoms with E-state index in [1.54, 1.807) is 0 Å². The molecule has 2 N–H and O–H groups in total. The minimum Gasteiger partial charge on any atom is -0.330 e. The summed E-state index contributed by atoms with van der Waals surface area (Å²) in [6.45, 7) is 7.88. The highest BCUT2D eigenvalue weighted by Crippen LogP contribution is 2.16. The fourth-order valence-electron chi connectivity index (χ4n) is 1.76. The molecule has 1 heterocycles. The number of hydrogen-bond acceptors (Lipinski definition) is 2. The summed E-state index contributed by atoms with van der Waals surface area (Å²) in [6.07, 6.45) is 2.67. The largest absolute Gasteiger partial charge is 0.330 e. The lowest BCUT2D eigenvalue weighted by Gasteiger charge is -2.34. The van der Waals surface area contributed by atoms with E-state index >= 15 is 0 Å². The Kier molecular flexibility index (Phi) is 3.34. The fraction of sp³-hybridized carbons (Fsp3) is 1.00. The van der Waals surface area contributed by atoms with E-state index in [4.69, 9.17) is 5.73 Å². The van der Waals surface area contributed by atoms with E-state index in [-0.39, 0.29) is 0 Å². The average molecular weight is 156 g/mol.